The lowest BCUT2D eigenvalue weighted by atomic mass is 9.75. The molecule has 2 N–H and O–H groups in total. The summed E-state index contributed by atoms with van der Waals surface area (Å²) in [6.45, 7) is 6.92. The zero-order chi connectivity index (χ0) is 13.1. The van der Waals surface area contributed by atoms with E-state index in [0.717, 1.165) is 11.8 Å². The van der Waals surface area contributed by atoms with Crippen molar-refractivity contribution in [3.05, 3.63) is 35.4 Å². The van der Waals surface area contributed by atoms with Crippen LogP contribution in [0.3, 0.4) is 0 Å². The molecule has 1 aromatic carbocycles. The van der Waals surface area contributed by atoms with E-state index >= 15 is 0 Å². The van der Waals surface area contributed by atoms with E-state index in [9.17, 15) is 0 Å². The first-order valence-corrected chi connectivity index (χ1v) is 7.40. The lowest BCUT2D eigenvalue weighted by Gasteiger charge is -2.33. The Morgan fingerprint density at radius 2 is 2.06 bits per heavy atom. The molecule has 3 unspecified atom stereocenters. The van der Waals surface area contributed by atoms with Gasteiger partial charge in [-0.25, -0.2) is 0 Å². The lowest BCUT2D eigenvalue weighted by molar-refractivity contribution is 0.306. The van der Waals surface area contributed by atoms with Gasteiger partial charge < -0.3 is 5.73 Å². The molecule has 1 saturated carbocycles. The molecule has 1 nitrogen and oxygen atoms in total. The summed E-state index contributed by atoms with van der Waals surface area (Å²) >= 11 is 0. The molecule has 0 amide bonds. The lowest BCUT2D eigenvalue weighted by Crippen LogP contribution is -2.34. The molecule has 1 aliphatic rings. The van der Waals surface area contributed by atoms with E-state index in [1.54, 1.807) is 0 Å². The molecule has 18 heavy (non-hydrogen) atoms. The van der Waals surface area contributed by atoms with Gasteiger partial charge in [-0.3, -0.25) is 0 Å². The topological polar surface area (TPSA) is 26.0 Å². The number of benzene rings is 1. The van der Waals surface area contributed by atoms with Crippen LogP contribution >= 0.6 is 0 Å². The second-order valence-electron chi connectivity index (χ2n) is 6.53. The monoisotopic (exact) mass is 245 g/mol. The van der Waals surface area contributed by atoms with Gasteiger partial charge in [0.05, 0.1) is 0 Å². The summed E-state index contributed by atoms with van der Waals surface area (Å²) in [5.41, 5.74) is 9.26. The first-order chi connectivity index (χ1) is 8.56. The molecule has 0 heterocycles. The average molecular weight is 245 g/mol. The Balaban J connectivity index is 2.16. The van der Waals surface area contributed by atoms with Crippen LogP contribution in [0.4, 0.5) is 0 Å². The zero-order valence-corrected chi connectivity index (χ0v) is 12.0. The van der Waals surface area contributed by atoms with Crippen LogP contribution in [0.1, 0.15) is 57.1 Å². The van der Waals surface area contributed by atoms with Crippen molar-refractivity contribution in [2.75, 3.05) is 0 Å². The van der Waals surface area contributed by atoms with Gasteiger partial charge >= 0.3 is 0 Å². The third kappa shape index (κ3) is 3.35. The predicted octanol–water partition coefficient (Wildman–Crippen LogP) is 4.12. The Hall–Kier alpha value is -0.820. The summed E-state index contributed by atoms with van der Waals surface area (Å²) in [5.74, 6) is 2.11. The molecule has 0 saturated heterocycles. The third-order valence-electron chi connectivity index (χ3n) is 4.19. The number of hydrogen-bond acceptors (Lipinski definition) is 1. The molecular weight excluding hydrogens is 218 g/mol. The molecule has 0 radical (unpaired) electrons. The van der Waals surface area contributed by atoms with Gasteiger partial charge in [0, 0.05) is 6.04 Å². The largest absolute Gasteiger partial charge is 0.327 e. The third-order valence-corrected chi connectivity index (χ3v) is 4.19. The highest BCUT2D eigenvalue weighted by atomic mass is 14.7. The van der Waals surface area contributed by atoms with Crippen LogP contribution in [-0.2, 0) is 6.42 Å². The van der Waals surface area contributed by atoms with Gasteiger partial charge in [-0.2, -0.15) is 0 Å². The van der Waals surface area contributed by atoms with E-state index in [0.29, 0.717) is 12.0 Å². The van der Waals surface area contributed by atoms with Gasteiger partial charge in [-0.1, -0.05) is 45.0 Å². The highest BCUT2D eigenvalue weighted by molar-refractivity contribution is 5.28. The minimum Gasteiger partial charge on any atom is -0.327 e. The van der Waals surface area contributed by atoms with Crippen molar-refractivity contribution >= 4 is 0 Å². The van der Waals surface area contributed by atoms with Crippen LogP contribution < -0.4 is 5.73 Å². The van der Waals surface area contributed by atoms with Crippen LogP contribution in [-0.4, -0.2) is 6.04 Å². The molecule has 1 heteroatoms. The zero-order valence-electron chi connectivity index (χ0n) is 12.0. The minimum atomic E-state index is 0.357. The van der Waals surface area contributed by atoms with E-state index in [1.165, 1.54) is 36.8 Å². The van der Waals surface area contributed by atoms with Gasteiger partial charge in [0.15, 0.2) is 0 Å². The van der Waals surface area contributed by atoms with Crippen molar-refractivity contribution in [2.24, 2.45) is 17.6 Å². The maximum atomic E-state index is 6.32. The van der Waals surface area contributed by atoms with Crippen LogP contribution in [0.25, 0.3) is 0 Å². The minimum absolute atomic E-state index is 0.357. The van der Waals surface area contributed by atoms with E-state index in [1.807, 2.05) is 0 Å². The first kappa shape index (κ1) is 13.6. The fraction of sp³-hybridized carbons (Fsp3) is 0.647. The number of hydrogen-bond donors (Lipinski definition) is 1. The molecule has 0 aromatic heterocycles. The summed E-state index contributed by atoms with van der Waals surface area (Å²) < 4.78 is 0. The molecule has 2 rings (SSSR count). The summed E-state index contributed by atoms with van der Waals surface area (Å²) in [5, 5.41) is 0. The normalized spacial score (nSPS) is 28.6. The van der Waals surface area contributed by atoms with E-state index in [2.05, 4.69) is 45.0 Å². The SMILES string of the molecule is CC(C)Cc1cccc(C2CC(C)CCC2N)c1. The Kier molecular flexibility index (Phi) is 4.45. The van der Waals surface area contributed by atoms with Gasteiger partial charge in [0.25, 0.3) is 0 Å². The van der Waals surface area contributed by atoms with E-state index < -0.39 is 0 Å². The molecule has 3 atom stereocenters. The quantitative estimate of drug-likeness (QED) is 0.852. The van der Waals surface area contributed by atoms with Crippen molar-refractivity contribution in [1.82, 2.24) is 0 Å². The summed E-state index contributed by atoms with van der Waals surface area (Å²) in [6.07, 6.45) is 4.90. The second-order valence-corrected chi connectivity index (χ2v) is 6.53. The number of rotatable bonds is 3. The van der Waals surface area contributed by atoms with E-state index in [4.69, 9.17) is 5.73 Å². The Labute approximate surface area is 112 Å². The second kappa shape index (κ2) is 5.88. The Morgan fingerprint density at radius 1 is 1.28 bits per heavy atom. The van der Waals surface area contributed by atoms with Crippen LogP contribution in [0, 0.1) is 11.8 Å². The van der Waals surface area contributed by atoms with Crippen LogP contribution in [0.15, 0.2) is 24.3 Å². The fourth-order valence-corrected chi connectivity index (χ4v) is 3.21. The highest BCUT2D eigenvalue weighted by Gasteiger charge is 2.27. The number of nitrogens with two attached hydrogens (primary N) is 1. The summed E-state index contributed by atoms with van der Waals surface area (Å²) in [6, 6.07) is 9.48. The van der Waals surface area contributed by atoms with Crippen LogP contribution in [0.5, 0.6) is 0 Å². The average Bonchev–Trinajstić information content (AvgIpc) is 2.32. The molecule has 1 fully saturated rings. The predicted molar refractivity (Wildman–Crippen MR) is 78.7 cm³/mol. The van der Waals surface area contributed by atoms with Crippen molar-refractivity contribution in [2.45, 2.75) is 58.4 Å². The molecule has 0 spiro atoms. The maximum Gasteiger partial charge on any atom is 0.0108 e. The molecule has 100 valence electrons. The van der Waals surface area contributed by atoms with Crippen molar-refractivity contribution in [3.8, 4) is 0 Å². The van der Waals surface area contributed by atoms with Gasteiger partial charge in [-0.15, -0.1) is 0 Å². The van der Waals surface area contributed by atoms with Gasteiger partial charge in [-0.05, 0) is 54.6 Å². The molecular formula is C17H27N. The highest BCUT2D eigenvalue weighted by Crippen LogP contribution is 2.35. The fourth-order valence-electron chi connectivity index (χ4n) is 3.21. The smallest absolute Gasteiger partial charge is 0.0108 e. The first-order valence-electron chi connectivity index (χ1n) is 7.40. The van der Waals surface area contributed by atoms with Crippen molar-refractivity contribution in [1.29, 1.82) is 0 Å². The molecule has 0 aliphatic heterocycles. The molecule has 0 bridgehead atoms. The van der Waals surface area contributed by atoms with Gasteiger partial charge in [0.1, 0.15) is 0 Å². The Morgan fingerprint density at radius 3 is 2.78 bits per heavy atom. The summed E-state index contributed by atoms with van der Waals surface area (Å²) in [7, 11) is 0. The Bertz CT molecular complexity index is 383. The summed E-state index contributed by atoms with van der Waals surface area (Å²) in [4.78, 5) is 0. The van der Waals surface area contributed by atoms with Crippen LogP contribution in [0.2, 0.25) is 0 Å². The van der Waals surface area contributed by atoms with Crippen molar-refractivity contribution in [3.63, 3.8) is 0 Å². The van der Waals surface area contributed by atoms with Gasteiger partial charge in [0.2, 0.25) is 0 Å². The molecule has 1 aromatic rings. The maximum absolute atomic E-state index is 6.32. The standard InChI is InChI=1S/C17H27N/c1-12(2)9-14-5-4-6-15(11-14)16-10-13(3)7-8-17(16)18/h4-6,11-13,16-17H,7-10,18H2,1-3H3. The molecule has 1 aliphatic carbocycles. The van der Waals surface area contributed by atoms with Crippen molar-refractivity contribution < 1.29 is 0 Å². The van der Waals surface area contributed by atoms with E-state index in [-0.39, 0.29) is 0 Å².